The highest BCUT2D eigenvalue weighted by Crippen LogP contribution is 2.23. The van der Waals surface area contributed by atoms with Gasteiger partial charge in [0.25, 0.3) is 0 Å². The van der Waals surface area contributed by atoms with E-state index < -0.39 is 0 Å². The molecule has 1 aromatic rings. The Morgan fingerprint density at radius 1 is 1.33 bits per heavy atom. The second-order valence-electron chi connectivity index (χ2n) is 5.74. The molecule has 3 rings (SSSR count). The maximum absolute atomic E-state index is 11.9. The van der Waals surface area contributed by atoms with E-state index >= 15 is 0 Å². The molecule has 21 heavy (non-hydrogen) atoms. The number of fused-ring (bicyclic) bond motifs is 1. The fraction of sp³-hybridized carbons (Fsp3) is 0.467. The van der Waals surface area contributed by atoms with Crippen molar-refractivity contribution in [2.45, 2.75) is 31.8 Å². The van der Waals surface area contributed by atoms with Crippen molar-refractivity contribution < 1.29 is 9.59 Å². The van der Waals surface area contributed by atoms with Crippen LogP contribution in [0, 0.1) is 0 Å². The Morgan fingerprint density at radius 2 is 2.14 bits per heavy atom. The number of nitrogen functional groups attached to an aromatic ring is 1. The SMILES string of the molecule is Nc1cccc2c1CN(CC(=O)NC(=O)NC1CC1)CC2. The van der Waals surface area contributed by atoms with E-state index in [0.29, 0.717) is 6.54 Å². The average Bonchev–Trinajstić information content (AvgIpc) is 3.23. The fourth-order valence-electron chi connectivity index (χ4n) is 2.62. The van der Waals surface area contributed by atoms with Crippen molar-refractivity contribution in [2.24, 2.45) is 0 Å². The summed E-state index contributed by atoms with van der Waals surface area (Å²) >= 11 is 0. The lowest BCUT2D eigenvalue weighted by molar-refractivity contribution is -0.121. The third kappa shape index (κ3) is 3.52. The Hall–Kier alpha value is -2.08. The van der Waals surface area contributed by atoms with E-state index in [1.54, 1.807) is 0 Å². The minimum Gasteiger partial charge on any atom is -0.398 e. The van der Waals surface area contributed by atoms with Crippen LogP contribution in [0.15, 0.2) is 18.2 Å². The lowest BCUT2D eigenvalue weighted by Gasteiger charge is -2.28. The molecule has 1 aromatic carbocycles. The van der Waals surface area contributed by atoms with Crippen LogP contribution in [0.3, 0.4) is 0 Å². The highest BCUT2D eigenvalue weighted by Gasteiger charge is 2.25. The molecule has 0 unspecified atom stereocenters. The number of nitrogens with one attached hydrogen (secondary N) is 2. The van der Waals surface area contributed by atoms with Crippen LogP contribution >= 0.6 is 0 Å². The number of carbonyl (C=O) groups is 2. The van der Waals surface area contributed by atoms with Crippen LogP contribution in [0.1, 0.15) is 24.0 Å². The Balaban J connectivity index is 1.53. The van der Waals surface area contributed by atoms with E-state index in [4.69, 9.17) is 5.73 Å². The number of hydrogen-bond acceptors (Lipinski definition) is 4. The molecule has 3 amide bonds. The summed E-state index contributed by atoms with van der Waals surface area (Å²) < 4.78 is 0. The van der Waals surface area contributed by atoms with Crippen LogP contribution in [0.4, 0.5) is 10.5 Å². The maximum Gasteiger partial charge on any atom is 0.321 e. The van der Waals surface area contributed by atoms with Gasteiger partial charge in [0.1, 0.15) is 0 Å². The van der Waals surface area contributed by atoms with Crippen molar-refractivity contribution in [3.8, 4) is 0 Å². The minimum atomic E-state index is -0.389. The third-order valence-corrected chi connectivity index (χ3v) is 3.92. The molecule has 6 nitrogen and oxygen atoms in total. The molecule has 0 bridgehead atoms. The Bertz CT molecular complexity index is 569. The first-order valence-corrected chi connectivity index (χ1v) is 7.31. The van der Waals surface area contributed by atoms with Crippen molar-refractivity contribution in [2.75, 3.05) is 18.8 Å². The van der Waals surface area contributed by atoms with E-state index in [1.165, 1.54) is 5.56 Å². The van der Waals surface area contributed by atoms with Gasteiger partial charge in [0.05, 0.1) is 6.54 Å². The van der Waals surface area contributed by atoms with Gasteiger partial charge in [-0.05, 0) is 36.5 Å². The minimum absolute atomic E-state index is 0.214. The van der Waals surface area contributed by atoms with E-state index in [0.717, 1.165) is 37.1 Å². The first-order valence-electron chi connectivity index (χ1n) is 7.31. The molecule has 2 aliphatic rings. The number of nitrogens with two attached hydrogens (primary N) is 1. The van der Waals surface area contributed by atoms with Crippen LogP contribution in [-0.4, -0.2) is 36.0 Å². The summed E-state index contributed by atoms with van der Waals surface area (Å²) in [7, 11) is 0. The van der Waals surface area contributed by atoms with Crippen LogP contribution in [-0.2, 0) is 17.8 Å². The molecule has 0 radical (unpaired) electrons. The standard InChI is InChI=1S/C15H20N4O2/c16-13-3-1-2-10-6-7-19(8-12(10)13)9-14(20)18-15(21)17-11-4-5-11/h1-3,11H,4-9,16H2,(H2,17,18,20,21). The number of urea groups is 1. The lowest BCUT2D eigenvalue weighted by atomic mass is 9.98. The predicted octanol–water partition coefficient (Wildman–Crippen LogP) is 0.615. The van der Waals surface area contributed by atoms with Gasteiger partial charge in [0, 0.05) is 24.8 Å². The predicted molar refractivity (Wildman–Crippen MR) is 79.5 cm³/mol. The maximum atomic E-state index is 11.9. The molecule has 1 heterocycles. The topological polar surface area (TPSA) is 87.5 Å². The fourth-order valence-corrected chi connectivity index (χ4v) is 2.62. The second kappa shape index (κ2) is 5.73. The molecule has 1 aliphatic carbocycles. The van der Waals surface area contributed by atoms with E-state index in [9.17, 15) is 9.59 Å². The quantitative estimate of drug-likeness (QED) is 0.711. The van der Waals surface area contributed by atoms with Gasteiger partial charge in [-0.1, -0.05) is 12.1 Å². The number of rotatable bonds is 3. The largest absolute Gasteiger partial charge is 0.398 e. The van der Waals surface area contributed by atoms with Gasteiger partial charge in [0.15, 0.2) is 0 Å². The Kier molecular flexibility index (Phi) is 3.79. The summed E-state index contributed by atoms with van der Waals surface area (Å²) in [6.07, 6.45) is 2.88. The van der Waals surface area contributed by atoms with Gasteiger partial charge in [-0.15, -0.1) is 0 Å². The number of carbonyl (C=O) groups excluding carboxylic acids is 2. The zero-order chi connectivity index (χ0) is 14.8. The monoisotopic (exact) mass is 288 g/mol. The normalized spacial score (nSPS) is 17.9. The van der Waals surface area contributed by atoms with Crippen LogP contribution in [0.5, 0.6) is 0 Å². The number of imide groups is 1. The van der Waals surface area contributed by atoms with Crippen molar-refractivity contribution in [3.05, 3.63) is 29.3 Å². The summed E-state index contributed by atoms with van der Waals surface area (Å²) in [5.41, 5.74) is 9.10. The smallest absolute Gasteiger partial charge is 0.321 e. The Morgan fingerprint density at radius 3 is 2.90 bits per heavy atom. The molecule has 0 atom stereocenters. The molecule has 1 fully saturated rings. The third-order valence-electron chi connectivity index (χ3n) is 3.92. The van der Waals surface area contributed by atoms with Crippen LogP contribution < -0.4 is 16.4 Å². The first kappa shape index (κ1) is 13.9. The van der Waals surface area contributed by atoms with E-state index in [-0.39, 0.29) is 24.5 Å². The molecule has 0 saturated heterocycles. The molecule has 112 valence electrons. The first-order chi connectivity index (χ1) is 10.1. The van der Waals surface area contributed by atoms with Crippen molar-refractivity contribution >= 4 is 17.6 Å². The van der Waals surface area contributed by atoms with Gasteiger partial charge in [-0.25, -0.2) is 4.79 Å². The molecular weight excluding hydrogens is 268 g/mol. The van der Waals surface area contributed by atoms with Crippen molar-refractivity contribution in [3.63, 3.8) is 0 Å². The summed E-state index contributed by atoms with van der Waals surface area (Å²) in [6.45, 7) is 1.67. The van der Waals surface area contributed by atoms with Crippen LogP contribution in [0.2, 0.25) is 0 Å². The zero-order valence-corrected chi connectivity index (χ0v) is 11.9. The molecular formula is C15H20N4O2. The lowest BCUT2D eigenvalue weighted by Crippen LogP contribution is -2.46. The second-order valence-corrected chi connectivity index (χ2v) is 5.74. The summed E-state index contributed by atoms with van der Waals surface area (Å²) in [5.74, 6) is -0.272. The number of hydrogen-bond donors (Lipinski definition) is 3. The summed E-state index contributed by atoms with van der Waals surface area (Å²) in [4.78, 5) is 25.4. The summed E-state index contributed by atoms with van der Waals surface area (Å²) in [5, 5.41) is 5.11. The van der Waals surface area contributed by atoms with Crippen molar-refractivity contribution in [1.82, 2.24) is 15.5 Å². The number of nitrogens with zero attached hydrogens (tertiary/aromatic N) is 1. The van der Waals surface area contributed by atoms with E-state index in [1.807, 2.05) is 17.0 Å². The van der Waals surface area contributed by atoms with Crippen molar-refractivity contribution in [1.29, 1.82) is 0 Å². The van der Waals surface area contributed by atoms with Gasteiger partial charge in [0.2, 0.25) is 5.91 Å². The van der Waals surface area contributed by atoms with Gasteiger partial charge >= 0.3 is 6.03 Å². The van der Waals surface area contributed by atoms with Gasteiger partial charge in [-0.3, -0.25) is 15.0 Å². The summed E-state index contributed by atoms with van der Waals surface area (Å²) in [6, 6.07) is 5.77. The molecule has 6 heteroatoms. The van der Waals surface area contributed by atoms with E-state index in [2.05, 4.69) is 16.7 Å². The van der Waals surface area contributed by atoms with Crippen LogP contribution in [0.25, 0.3) is 0 Å². The zero-order valence-electron chi connectivity index (χ0n) is 11.9. The molecule has 1 aliphatic heterocycles. The highest BCUT2D eigenvalue weighted by atomic mass is 16.2. The molecule has 0 aromatic heterocycles. The highest BCUT2D eigenvalue weighted by molar-refractivity contribution is 5.95. The number of anilines is 1. The number of amides is 3. The average molecular weight is 288 g/mol. The molecule has 0 spiro atoms. The Labute approximate surface area is 123 Å². The van der Waals surface area contributed by atoms with Gasteiger partial charge in [-0.2, -0.15) is 0 Å². The molecule has 4 N–H and O–H groups in total. The number of benzene rings is 1. The molecule has 1 saturated carbocycles. The van der Waals surface area contributed by atoms with Gasteiger partial charge < -0.3 is 11.1 Å².